The van der Waals surface area contributed by atoms with Crippen LogP contribution < -0.4 is 5.32 Å². The molecule has 0 aliphatic carbocycles. The Labute approximate surface area is 136 Å². The number of amides is 2. The first kappa shape index (κ1) is 14.0. The third-order valence-electron chi connectivity index (χ3n) is 4.02. The molecule has 4 rings (SSSR count). The molecule has 23 heavy (non-hydrogen) atoms. The Balaban J connectivity index is 1.41. The van der Waals surface area contributed by atoms with Gasteiger partial charge in [-0.25, -0.2) is 4.98 Å². The van der Waals surface area contributed by atoms with Crippen molar-refractivity contribution in [3.63, 3.8) is 0 Å². The highest BCUT2D eigenvalue weighted by atomic mass is 32.1. The summed E-state index contributed by atoms with van der Waals surface area (Å²) in [5.41, 5.74) is 1.59. The topological polar surface area (TPSA) is 78.1 Å². The van der Waals surface area contributed by atoms with Crippen molar-refractivity contribution in [1.29, 1.82) is 0 Å². The van der Waals surface area contributed by atoms with Gasteiger partial charge in [-0.2, -0.15) is 0 Å². The summed E-state index contributed by atoms with van der Waals surface area (Å²) >= 11 is 1.38. The van der Waals surface area contributed by atoms with Crippen molar-refractivity contribution in [2.24, 2.45) is 5.92 Å². The Kier molecular flexibility index (Phi) is 3.34. The lowest BCUT2D eigenvalue weighted by atomic mass is 9.98. The number of nitrogens with one attached hydrogen (secondary N) is 2. The molecule has 3 aromatic rings. The van der Waals surface area contributed by atoms with Crippen LogP contribution in [-0.2, 0) is 4.79 Å². The highest BCUT2D eigenvalue weighted by Gasteiger charge is 2.36. The minimum absolute atomic E-state index is 0.0410. The molecule has 6 nitrogen and oxygen atoms in total. The van der Waals surface area contributed by atoms with E-state index in [0.29, 0.717) is 23.8 Å². The number of carbonyl (C=O) groups is 2. The first-order valence-electron chi connectivity index (χ1n) is 7.28. The molecular weight excluding hydrogens is 312 g/mol. The molecule has 0 radical (unpaired) electrons. The van der Waals surface area contributed by atoms with Gasteiger partial charge in [0.25, 0.3) is 5.91 Å². The van der Waals surface area contributed by atoms with Crippen molar-refractivity contribution in [2.75, 3.05) is 18.4 Å². The van der Waals surface area contributed by atoms with E-state index in [-0.39, 0.29) is 17.7 Å². The van der Waals surface area contributed by atoms with Crippen molar-refractivity contribution in [2.45, 2.75) is 0 Å². The van der Waals surface area contributed by atoms with Crippen LogP contribution in [0, 0.1) is 5.92 Å². The van der Waals surface area contributed by atoms with Crippen LogP contribution in [-0.4, -0.2) is 39.8 Å². The highest BCUT2D eigenvalue weighted by Crippen LogP contribution is 2.25. The average molecular weight is 326 g/mol. The Morgan fingerprint density at radius 3 is 2.91 bits per heavy atom. The van der Waals surface area contributed by atoms with Crippen molar-refractivity contribution in [3.8, 4) is 0 Å². The van der Waals surface area contributed by atoms with Gasteiger partial charge in [0.15, 0.2) is 5.13 Å². The molecule has 7 heteroatoms. The predicted octanol–water partition coefficient (Wildman–Crippen LogP) is 2.34. The molecule has 0 atom stereocenters. The second-order valence-electron chi connectivity index (χ2n) is 5.48. The van der Waals surface area contributed by atoms with Gasteiger partial charge >= 0.3 is 0 Å². The van der Waals surface area contributed by atoms with Crippen LogP contribution in [0.5, 0.6) is 0 Å². The van der Waals surface area contributed by atoms with Crippen LogP contribution in [0.1, 0.15) is 10.4 Å². The lowest BCUT2D eigenvalue weighted by Gasteiger charge is -2.37. The molecule has 1 aliphatic heterocycles. The van der Waals surface area contributed by atoms with E-state index in [1.807, 2.05) is 29.6 Å². The highest BCUT2D eigenvalue weighted by molar-refractivity contribution is 7.13. The molecule has 1 fully saturated rings. The number of anilines is 1. The summed E-state index contributed by atoms with van der Waals surface area (Å²) in [4.78, 5) is 33.4. The summed E-state index contributed by atoms with van der Waals surface area (Å²) in [5.74, 6) is -0.295. The second kappa shape index (κ2) is 5.51. The van der Waals surface area contributed by atoms with E-state index in [1.165, 1.54) is 11.3 Å². The monoisotopic (exact) mass is 326 g/mol. The third-order valence-corrected chi connectivity index (χ3v) is 4.71. The van der Waals surface area contributed by atoms with E-state index in [0.717, 1.165) is 10.9 Å². The zero-order chi connectivity index (χ0) is 15.8. The van der Waals surface area contributed by atoms with Gasteiger partial charge < -0.3 is 15.2 Å². The number of carbonyl (C=O) groups excluding carboxylic acids is 2. The number of likely N-dealkylation sites (tertiary alicyclic amines) is 1. The van der Waals surface area contributed by atoms with Crippen LogP contribution in [0.25, 0.3) is 10.9 Å². The molecule has 116 valence electrons. The molecule has 2 amide bonds. The summed E-state index contributed by atoms with van der Waals surface area (Å²) < 4.78 is 0. The van der Waals surface area contributed by atoms with Gasteiger partial charge in [0.05, 0.1) is 11.5 Å². The maximum Gasteiger partial charge on any atom is 0.256 e. The van der Waals surface area contributed by atoms with Gasteiger partial charge in [-0.15, -0.1) is 11.3 Å². The van der Waals surface area contributed by atoms with E-state index in [4.69, 9.17) is 0 Å². The summed E-state index contributed by atoms with van der Waals surface area (Å²) in [7, 11) is 0. The van der Waals surface area contributed by atoms with E-state index in [2.05, 4.69) is 15.3 Å². The van der Waals surface area contributed by atoms with Gasteiger partial charge in [0, 0.05) is 41.8 Å². The SMILES string of the molecule is O=C(Nc1nccs1)C1CN(C(=O)c2c[nH]c3ccccc23)C1. The molecule has 1 saturated heterocycles. The molecule has 1 aromatic carbocycles. The van der Waals surface area contributed by atoms with Crippen LogP contribution in [0.15, 0.2) is 42.0 Å². The number of hydrogen-bond acceptors (Lipinski definition) is 4. The number of nitrogens with zero attached hydrogens (tertiary/aromatic N) is 2. The van der Waals surface area contributed by atoms with Crippen LogP contribution in [0.3, 0.4) is 0 Å². The number of aromatic nitrogens is 2. The van der Waals surface area contributed by atoms with Gasteiger partial charge in [-0.3, -0.25) is 9.59 Å². The number of hydrogen-bond donors (Lipinski definition) is 2. The Bertz CT molecular complexity index is 865. The van der Waals surface area contributed by atoms with Gasteiger partial charge in [0.2, 0.25) is 5.91 Å². The van der Waals surface area contributed by atoms with Crippen molar-refractivity contribution < 1.29 is 9.59 Å². The van der Waals surface area contributed by atoms with Crippen LogP contribution >= 0.6 is 11.3 Å². The summed E-state index contributed by atoms with van der Waals surface area (Å²) in [6.45, 7) is 0.880. The molecule has 0 saturated carbocycles. The van der Waals surface area contributed by atoms with Gasteiger partial charge in [0.1, 0.15) is 0 Å². The zero-order valence-electron chi connectivity index (χ0n) is 12.2. The first-order valence-corrected chi connectivity index (χ1v) is 8.16. The number of fused-ring (bicyclic) bond motifs is 1. The smallest absolute Gasteiger partial charge is 0.256 e. The summed E-state index contributed by atoms with van der Waals surface area (Å²) in [6.07, 6.45) is 3.38. The standard InChI is InChI=1S/C16H14N4O2S/c21-14(19-16-17-5-6-23-16)10-8-20(9-10)15(22)12-7-18-13-4-2-1-3-11(12)13/h1-7,10,18H,8-9H2,(H,17,19,21). The maximum atomic E-state index is 12.6. The molecule has 0 bridgehead atoms. The largest absolute Gasteiger partial charge is 0.360 e. The number of thiazole rings is 1. The van der Waals surface area contributed by atoms with Gasteiger partial charge in [-0.1, -0.05) is 18.2 Å². The number of rotatable bonds is 3. The lowest BCUT2D eigenvalue weighted by molar-refractivity contribution is -0.123. The number of para-hydroxylation sites is 1. The molecule has 0 unspecified atom stereocenters. The average Bonchev–Trinajstić information content (AvgIpc) is 3.14. The first-order chi connectivity index (χ1) is 11.2. The van der Waals surface area contributed by atoms with Crippen LogP contribution in [0.4, 0.5) is 5.13 Å². The third kappa shape index (κ3) is 2.49. The molecule has 2 aromatic heterocycles. The van der Waals surface area contributed by atoms with Gasteiger partial charge in [-0.05, 0) is 6.07 Å². The molecular formula is C16H14N4O2S. The van der Waals surface area contributed by atoms with E-state index >= 15 is 0 Å². The van der Waals surface area contributed by atoms with Crippen LogP contribution in [0.2, 0.25) is 0 Å². The number of aromatic amines is 1. The minimum atomic E-state index is -0.173. The second-order valence-corrected chi connectivity index (χ2v) is 6.38. The van der Waals surface area contributed by atoms with Crippen molar-refractivity contribution in [1.82, 2.24) is 14.9 Å². The Morgan fingerprint density at radius 1 is 1.30 bits per heavy atom. The fraction of sp³-hybridized carbons (Fsp3) is 0.188. The predicted molar refractivity (Wildman–Crippen MR) is 88.4 cm³/mol. The Morgan fingerprint density at radius 2 is 2.13 bits per heavy atom. The van der Waals surface area contributed by atoms with Crippen molar-refractivity contribution >= 4 is 39.2 Å². The quantitative estimate of drug-likeness (QED) is 0.775. The number of H-pyrrole nitrogens is 1. The molecule has 0 spiro atoms. The fourth-order valence-electron chi connectivity index (χ4n) is 2.72. The Hall–Kier alpha value is -2.67. The number of benzene rings is 1. The summed E-state index contributed by atoms with van der Waals surface area (Å²) in [5, 5.41) is 6.09. The van der Waals surface area contributed by atoms with Crippen molar-refractivity contribution in [3.05, 3.63) is 47.6 Å². The lowest BCUT2D eigenvalue weighted by Crippen LogP contribution is -2.54. The summed E-state index contributed by atoms with van der Waals surface area (Å²) in [6, 6.07) is 7.70. The maximum absolute atomic E-state index is 12.6. The fourth-order valence-corrected chi connectivity index (χ4v) is 3.25. The molecule has 2 N–H and O–H groups in total. The normalized spacial score (nSPS) is 14.7. The minimum Gasteiger partial charge on any atom is -0.360 e. The zero-order valence-corrected chi connectivity index (χ0v) is 13.0. The van der Waals surface area contributed by atoms with E-state index < -0.39 is 0 Å². The van der Waals surface area contributed by atoms with E-state index in [1.54, 1.807) is 17.3 Å². The molecule has 3 heterocycles. The van der Waals surface area contributed by atoms with E-state index in [9.17, 15) is 9.59 Å². The molecule has 1 aliphatic rings.